The lowest BCUT2D eigenvalue weighted by Gasteiger charge is -2.13. The highest BCUT2D eigenvalue weighted by Crippen LogP contribution is 2.15. The smallest absolute Gasteiger partial charge is 0.337 e. The lowest BCUT2D eigenvalue weighted by Crippen LogP contribution is -2.32. The summed E-state index contributed by atoms with van der Waals surface area (Å²) in [5.74, 6) is -0.839. The Morgan fingerprint density at radius 1 is 1.00 bits per heavy atom. The zero-order valence-electron chi connectivity index (χ0n) is 10.4. The van der Waals surface area contributed by atoms with Crippen molar-refractivity contribution in [2.75, 3.05) is 7.11 Å². The van der Waals surface area contributed by atoms with Gasteiger partial charge in [0.2, 0.25) is 6.10 Å². The number of hydrogen-bond acceptors (Lipinski definition) is 5. The second kappa shape index (κ2) is 5.95. The van der Waals surface area contributed by atoms with Crippen LogP contribution in [-0.2, 0) is 14.3 Å². The molecule has 0 bridgehead atoms. The van der Waals surface area contributed by atoms with Gasteiger partial charge < -0.3 is 9.47 Å². The van der Waals surface area contributed by atoms with Crippen LogP contribution >= 0.6 is 0 Å². The molecule has 0 unspecified atom stereocenters. The minimum absolute atomic E-state index is 0.345. The molecule has 0 saturated heterocycles. The molecule has 5 heteroatoms. The summed E-state index contributed by atoms with van der Waals surface area (Å²) in [7, 11) is 1.29. The van der Waals surface area contributed by atoms with Gasteiger partial charge in [-0.1, -0.05) is 0 Å². The van der Waals surface area contributed by atoms with Crippen molar-refractivity contribution in [3.05, 3.63) is 29.8 Å². The van der Waals surface area contributed by atoms with E-state index in [9.17, 15) is 14.4 Å². The Kier molecular flexibility index (Phi) is 4.59. The Morgan fingerprint density at radius 3 is 1.89 bits per heavy atom. The summed E-state index contributed by atoms with van der Waals surface area (Å²) >= 11 is 0. The van der Waals surface area contributed by atoms with Gasteiger partial charge in [0, 0.05) is 0 Å². The largest absolute Gasteiger partial charge is 0.475 e. The van der Waals surface area contributed by atoms with Gasteiger partial charge >= 0.3 is 5.97 Å². The van der Waals surface area contributed by atoms with Gasteiger partial charge in [0.25, 0.3) is 0 Å². The Labute approximate surface area is 105 Å². The third-order valence-electron chi connectivity index (χ3n) is 2.27. The quantitative estimate of drug-likeness (QED) is 0.583. The summed E-state index contributed by atoms with van der Waals surface area (Å²) in [5, 5.41) is 0. The van der Waals surface area contributed by atoms with E-state index in [0.29, 0.717) is 11.3 Å². The van der Waals surface area contributed by atoms with E-state index in [-0.39, 0.29) is 11.6 Å². The number of carbonyl (C=O) groups is 3. The normalized spacial score (nSPS) is 10.0. The lowest BCUT2D eigenvalue weighted by atomic mass is 10.1. The van der Waals surface area contributed by atoms with Crippen molar-refractivity contribution in [2.24, 2.45) is 0 Å². The first-order valence-electron chi connectivity index (χ1n) is 5.31. The molecular weight excluding hydrogens is 236 g/mol. The number of carbonyl (C=O) groups excluding carboxylic acids is 3. The van der Waals surface area contributed by atoms with Crippen LogP contribution in [0.25, 0.3) is 0 Å². The van der Waals surface area contributed by atoms with Crippen LogP contribution in [0.2, 0.25) is 0 Å². The van der Waals surface area contributed by atoms with Crippen LogP contribution in [0.15, 0.2) is 24.3 Å². The minimum atomic E-state index is -1.10. The Balaban J connectivity index is 2.83. The van der Waals surface area contributed by atoms with E-state index in [1.165, 1.54) is 45.2 Å². The third-order valence-corrected chi connectivity index (χ3v) is 2.27. The molecule has 0 aliphatic carbocycles. The Morgan fingerprint density at radius 2 is 1.50 bits per heavy atom. The number of Topliss-reactive ketones (excluding diaryl/α,β-unsaturated/α-hetero) is 2. The highest BCUT2D eigenvalue weighted by molar-refractivity contribution is 6.03. The molecule has 0 saturated carbocycles. The molecule has 0 radical (unpaired) electrons. The van der Waals surface area contributed by atoms with E-state index >= 15 is 0 Å². The number of ketones is 2. The van der Waals surface area contributed by atoms with Crippen molar-refractivity contribution < 1.29 is 23.9 Å². The molecule has 96 valence electrons. The van der Waals surface area contributed by atoms with E-state index in [1.54, 1.807) is 0 Å². The molecule has 18 heavy (non-hydrogen) atoms. The molecule has 1 rings (SSSR count). The van der Waals surface area contributed by atoms with Crippen LogP contribution in [-0.4, -0.2) is 30.7 Å². The van der Waals surface area contributed by atoms with Crippen molar-refractivity contribution in [1.82, 2.24) is 0 Å². The monoisotopic (exact) mass is 250 g/mol. The molecule has 0 aromatic heterocycles. The molecule has 0 aliphatic rings. The van der Waals surface area contributed by atoms with Gasteiger partial charge in [-0.3, -0.25) is 9.59 Å². The summed E-state index contributed by atoms with van der Waals surface area (Å²) in [6.07, 6.45) is -1.10. The van der Waals surface area contributed by atoms with Gasteiger partial charge in [0.15, 0.2) is 11.6 Å². The predicted octanol–water partition coefficient (Wildman–Crippen LogP) is 1.40. The average molecular weight is 250 g/mol. The highest BCUT2D eigenvalue weighted by atomic mass is 16.5. The fourth-order valence-corrected chi connectivity index (χ4v) is 1.38. The van der Waals surface area contributed by atoms with Gasteiger partial charge in [-0.25, -0.2) is 4.79 Å². The fraction of sp³-hybridized carbons (Fsp3) is 0.308. The Hall–Kier alpha value is -2.17. The van der Waals surface area contributed by atoms with E-state index in [4.69, 9.17) is 4.74 Å². The molecule has 0 aliphatic heterocycles. The Bertz CT molecular complexity index is 447. The average Bonchev–Trinajstić information content (AvgIpc) is 2.35. The standard InChI is InChI=1S/C13H14O5/c1-8(14)12(9(2)15)18-11-6-4-10(5-7-11)13(16)17-3/h4-7,12H,1-3H3. The number of esters is 1. The van der Waals surface area contributed by atoms with Crippen molar-refractivity contribution >= 4 is 17.5 Å². The van der Waals surface area contributed by atoms with Crippen molar-refractivity contribution in [3.8, 4) is 5.75 Å². The minimum Gasteiger partial charge on any atom is -0.475 e. The summed E-state index contributed by atoms with van der Waals surface area (Å²) in [5.41, 5.74) is 0.368. The molecule has 1 aromatic carbocycles. The second-order valence-corrected chi connectivity index (χ2v) is 3.74. The van der Waals surface area contributed by atoms with Crippen LogP contribution in [0, 0.1) is 0 Å². The first-order chi connectivity index (χ1) is 8.45. The zero-order chi connectivity index (χ0) is 13.7. The summed E-state index contributed by atoms with van der Waals surface area (Å²) < 4.78 is 9.80. The molecular formula is C13H14O5. The maximum absolute atomic E-state index is 11.2. The van der Waals surface area contributed by atoms with E-state index in [1.807, 2.05) is 0 Å². The van der Waals surface area contributed by atoms with Crippen LogP contribution in [0.1, 0.15) is 24.2 Å². The maximum Gasteiger partial charge on any atom is 0.337 e. The van der Waals surface area contributed by atoms with E-state index in [2.05, 4.69) is 4.74 Å². The van der Waals surface area contributed by atoms with Crippen LogP contribution < -0.4 is 4.74 Å². The maximum atomic E-state index is 11.2. The number of benzene rings is 1. The topological polar surface area (TPSA) is 69.7 Å². The SMILES string of the molecule is COC(=O)c1ccc(OC(C(C)=O)C(C)=O)cc1. The molecule has 0 amide bonds. The lowest BCUT2D eigenvalue weighted by molar-refractivity contribution is -0.134. The predicted molar refractivity (Wildman–Crippen MR) is 63.6 cm³/mol. The van der Waals surface area contributed by atoms with Gasteiger partial charge in [-0.2, -0.15) is 0 Å². The van der Waals surface area contributed by atoms with Crippen molar-refractivity contribution in [3.63, 3.8) is 0 Å². The number of ether oxygens (including phenoxy) is 2. The second-order valence-electron chi connectivity index (χ2n) is 3.74. The van der Waals surface area contributed by atoms with Gasteiger partial charge in [-0.15, -0.1) is 0 Å². The summed E-state index contributed by atoms with van der Waals surface area (Å²) in [6.45, 7) is 2.57. The molecule has 0 heterocycles. The molecule has 1 aromatic rings. The fourth-order valence-electron chi connectivity index (χ4n) is 1.38. The molecule has 0 fully saturated rings. The summed E-state index contributed by atoms with van der Waals surface area (Å²) in [6, 6.07) is 6.01. The summed E-state index contributed by atoms with van der Waals surface area (Å²) in [4.78, 5) is 33.6. The zero-order valence-corrected chi connectivity index (χ0v) is 10.4. The van der Waals surface area contributed by atoms with E-state index < -0.39 is 12.1 Å². The first kappa shape index (κ1) is 13.9. The van der Waals surface area contributed by atoms with Gasteiger partial charge in [0.1, 0.15) is 5.75 Å². The van der Waals surface area contributed by atoms with Crippen LogP contribution in [0.5, 0.6) is 5.75 Å². The van der Waals surface area contributed by atoms with Crippen LogP contribution in [0.3, 0.4) is 0 Å². The van der Waals surface area contributed by atoms with Crippen molar-refractivity contribution in [1.29, 1.82) is 0 Å². The highest BCUT2D eigenvalue weighted by Gasteiger charge is 2.21. The number of hydrogen-bond donors (Lipinski definition) is 0. The first-order valence-corrected chi connectivity index (χ1v) is 5.31. The third kappa shape index (κ3) is 3.41. The van der Waals surface area contributed by atoms with Gasteiger partial charge in [-0.05, 0) is 38.1 Å². The van der Waals surface area contributed by atoms with E-state index in [0.717, 1.165) is 0 Å². The van der Waals surface area contributed by atoms with Gasteiger partial charge in [0.05, 0.1) is 12.7 Å². The number of rotatable bonds is 5. The molecule has 0 N–H and O–H groups in total. The number of methoxy groups -OCH3 is 1. The van der Waals surface area contributed by atoms with Crippen LogP contribution in [0.4, 0.5) is 0 Å². The van der Waals surface area contributed by atoms with Crippen molar-refractivity contribution in [2.45, 2.75) is 20.0 Å². The molecule has 5 nitrogen and oxygen atoms in total. The molecule has 0 spiro atoms. The molecule has 0 atom stereocenters.